The van der Waals surface area contributed by atoms with Gasteiger partial charge in [0, 0.05) is 6.92 Å². The zero-order valence-corrected chi connectivity index (χ0v) is 11.5. The quantitative estimate of drug-likeness (QED) is 0.568. The lowest BCUT2D eigenvalue weighted by atomic mass is 9.97. The van der Waals surface area contributed by atoms with Crippen molar-refractivity contribution < 1.29 is 29.6 Å². The Labute approximate surface area is 122 Å². The van der Waals surface area contributed by atoms with Crippen molar-refractivity contribution in [3.63, 3.8) is 0 Å². The van der Waals surface area contributed by atoms with E-state index in [2.05, 4.69) is 5.32 Å². The van der Waals surface area contributed by atoms with Crippen molar-refractivity contribution >= 4 is 5.91 Å². The number of aliphatic hydroxyl groups excluding tert-OH is 3. The molecule has 1 aliphatic heterocycles. The van der Waals surface area contributed by atoms with Crippen molar-refractivity contribution in [3.05, 3.63) is 30.3 Å². The number of benzene rings is 1. The molecule has 0 unspecified atom stereocenters. The van der Waals surface area contributed by atoms with Crippen LogP contribution in [0.15, 0.2) is 30.3 Å². The molecule has 116 valence electrons. The summed E-state index contributed by atoms with van der Waals surface area (Å²) in [4.78, 5) is 11.2. The lowest BCUT2D eigenvalue weighted by Crippen LogP contribution is -2.65. The average molecular weight is 297 g/mol. The summed E-state index contributed by atoms with van der Waals surface area (Å²) >= 11 is 0. The standard InChI is InChI=1S/C14H19NO6/c1-8(17)15-11-13(19)12(18)10(7-16)21-14(11)20-9-5-3-2-4-6-9/h2-6,10-14,16,18-19H,7H2,1H3,(H,15,17)/t10-,11-,12-,13-,14-/m0/s1. The van der Waals surface area contributed by atoms with Crippen LogP contribution in [0.2, 0.25) is 0 Å². The third-order valence-electron chi connectivity index (χ3n) is 3.25. The minimum absolute atomic E-state index is 0.390. The lowest BCUT2D eigenvalue weighted by Gasteiger charge is -2.42. The fourth-order valence-corrected chi connectivity index (χ4v) is 2.20. The molecule has 21 heavy (non-hydrogen) atoms. The predicted molar refractivity (Wildman–Crippen MR) is 72.4 cm³/mol. The molecule has 0 aromatic heterocycles. The first-order valence-electron chi connectivity index (χ1n) is 6.64. The van der Waals surface area contributed by atoms with E-state index in [1.165, 1.54) is 6.92 Å². The van der Waals surface area contributed by atoms with Crippen molar-refractivity contribution in [2.45, 2.75) is 37.6 Å². The largest absolute Gasteiger partial charge is 0.463 e. The predicted octanol–water partition coefficient (Wildman–Crippen LogP) is -0.991. The molecule has 0 saturated carbocycles. The molecule has 1 aromatic rings. The zero-order valence-electron chi connectivity index (χ0n) is 11.5. The Bertz CT molecular complexity index is 468. The Morgan fingerprint density at radius 3 is 2.52 bits per heavy atom. The van der Waals surface area contributed by atoms with E-state index < -0.39 is 37.3 Å². The van der Waals surface area contributed by atoms with Crippen LogP contribution in [-0.4, -0.2) is 58.5 Å². The molecule has 0 radical (unpaired) electrons. The Balaban J connectivity index is 2.18. The summed E-state index contributed by atoms with van der Waals surface area (Å²) in [7, 11) is 0. The van der Waals surface area contributed by atoms with Gasteiger partial charge in [-0.05, 0) is 12.1 Å². The number of nitrogens with one attached hydrogen (secondary N) is 1. The first kappa shape index (κ1) is 15.7. The maximum Gasteiger partial charge on any atom is 0.223 e. The Morgan fingerprint density at radius 2 is 1.95 bits per heavy atom. The number of carbonyl (C=O) groups excluding carboxylic acids is 1. The highest BCUT2D eigenvalue weighted by molar-refractivity contribution is 5.73. The van der Waals surface area contributed by atoms with Crippen LogP contribution < -0.4 is 10.1 Å². The number of carbonyl (C=O) groups is 1. The summed E-state index contributed by atoms with van der Waals surface area (Å²) < 4.78 is 11.0. The highest BCUT2D eigenvalue weighted by Gasteiger charge is 2.45. The summed E-state index contributed by atoms with van der Waals surface area (Å²) in [5, 5.41) is 31.7. The van der Waals surface area contributed by atoms with Crippen molar-refractivity contribution in [2.24, 2.45) is 0 Å². The molecule has 1 saturated heterocycles. The maximum atomic E-state index is 11.2. The van der Waals surface area contributed by atoms with Gasteiger partial charge in [-0.25, -0.2) is 0 Å². The smallest absolute Gasteiger partial charge is 0.223 e. The SMILES string of the molecule is CC(=O)N[C@@H]1[C@@H](Oc2ccccc2)O[C@@H](CO)[C@H](O)[C@H]1O. The zero-order chi connectivity index (χ0) is 15.4. The van der Waals surface area contributed by atoms with E-state index >= 15 is 0 Å². The Hall–Kier alpha value is -1.67. The second kappa shape index (κ2) is 6.86. The molecular weight excluding hydrogens is 278 g/mol. The van der Waals surface area contributed by atoms with E-state index in [4.69, 9.17) is 9.47 Å². The van der Waals surface area contributed by atoms with Crippen molar-refractivity contribution in [2.75, 3.05) is 6.61 Å². The van der Waals surface area contributed by atoms with Gasteiger partial charge in [0.1, 0.15) is 30.1 Å². The van der Waals surface area contributed by atoms with Gasteiger partial charge in [0.2, 0.25) is 12.2 Å². The molecule has 0 bridgehead atoms. The lowest BCUT2D eigenvalue weighted by molar-refractivity contribution is -0.244. The number of aliphatic hydroxyl groups is 3. The summed E-state index contributed by atoms with van der Waals surface area (Å²) in [6.07, 6.45) is -4.64. The van der Waals surface area contributed by atoms with Gasteiger partial charge >= 0.3 is 0 Å². The van der Waals surface area contributed by atoms with Crippen LogP contribution in [0.4, 0.5) is 0 Å². The molecule has 1 amide bonds. The highest BCUT2D eigenvalue weighted by atomic mass is 16.7. The molecule has 7 heteroatoms. The van der Waals surface area contributed by atoms with E-state index in [1.54, 1.807) is 24.3 Å². The normalized spacial score (nSPS) is 32.5. The van der Waals surface area contributed by atoms with Gasteiger partial charge in [0.05, 0.1) is 6.61 Å². The van der Waals surface area contributed by atoms with Crippen LogP contribution in [0.1, 0.15) is 6.92 Å². The second-order valence-corrected chi connectivity index (χ2v) is 4.86. The Kier molecular flexibility index (Phi) is 5.13. The summed E-state index contributed by atoms with van der Waals surface area (Å²) in [6, 6.07) is 7.79. The van der Waals surface area contributed by atoms with Gasteiger partial charge < -0.3 is 30.1 Å². The molecule has 1 aliphatic rings. The first-order chi connectivity index (χ1) is 10.0. The van der Waals surface area contributed by atoms with Crippen LogP contribution >= 0.6 is 0 Å². The van der Waals surface area contributed by atoms with Gasteiger partial charge in [-0.2, -0.15) is 0 Å². The molecule has 1 aromatic carbocycles. The summed E-state index contributed by atoms with van der Waals surface area (Å²) in [5.41, 5.74) is 0. The van der Waals surface area contributed by atoms with Gasteiger partial charge in [0.15, 0.2) is 0 Å². The van der Waals surface area contributed by atoms with Gasteiger partial charge in [-0.15, -0.1) is 0 Å². The molecule has 5 atom stereocenters. The third-order valence-corrected chi connectivity index (χ3v) is 3.25. The molecule has 0 aliphatic carbocycles. The third kappa shape index (κ3) is 3.70. The number of rotatable bonds is 4. The van der Waals surface area contributed by atoms with Crippen molar-refractivity contribution in [1.82, 2.24) is 5.32 Å². The Morgan fingerprint density at radius 1 is 1.29 bits per heavy atom. The van der Waals surface area contributed by atoms with Gasteiger partial charge in [-0.1, -0.05) is 18.2 Å². The topological polar surface area (TPSA) is 108 Å². The summed E-state index contributed by atoms with van der Waals surface area (Å²) in [6.45, 7) is 0.816. The molecular formula is C14H19NO6. The van der Waals surface area contributed by atoms with Gasteiger partial charge in [0.25, 0.3) is 0 Å². The van der Waals surface area contributed by atoms with E-state index in [9.17, 15) is 20.1 Å². The van der Waals surface area contributed by atoms with Crippen LogP contribution in [-0.2, 0) is 9.53 Å². The van der Waals surface area contributed by atoms with Crippen LogP contribution in [0.3, 0.4) is 0 Å². The van der Waals surface area contributed by atoms with Crippen molar-refractivity contribution in [1.29, 1.82) is 0 Å². The molecule has 1 fully saturated rings. The van der Waals surface area contributed by atoms with Crippen LogP contribution in [0, 0.1) is 0 Å². The first-order valence-corrected chi connectivity index (χ1v) is 6.64. The molecule has 7 nitrogen and oxygen atoms in total. The van der Waals surface area contributed by atoms with Crippen LogP contribution in [0.25, 0.3) is 0 Å². The van der Waals surface area contributed by atoms with Crippen molar-refractivity contribution in [3.8, 4) is 5.75 Å². The number of ether oxygens (including phenoxy) is 2. The monoisotopic (exact) mass is 297 g/mol. The number of para-hydroxylation sites is 1. The second-order valence-electron chi connectivity index (χ2n) is 4.86. The molecule has 1 heterocycles. The van der Waals surface area contributed by atoms with E-state index in [-0.39, 0.29) is 5.91 Å². The number of hydrogen-bond donors (Lipinski definition) is 4. The molecule has 0 spiro atoms. The fourth-order valence-electron chi connectivity index (χ4n) is 2.20. The minimum Gasteiger partial charge on any atom is -0.463 e. The number of hydrogen-bond acceptors (Lipinski definition) is 6. The van der Waals surface area contributed by atoms with E-state index in [0.29, 0.717) is 5.75 Å². The average Bonchev–Trinajstić information content (AvgIpc) is 2.47. The number of amides is 1. The minimum atomic E-state index is -1.32. The maximum absolute atomic E-state index is 11.2. The van der Waals surface area contributed by atoms with Crippen LogP contribution in [0.5, 0.6) is 5.75 Å². The van der Waals surface area contributed by atoms with Gasteiger partial charge in [-0.3, -0.25) is 4.79 Å². The molecule has 4 N–H and O–H groups in total. The fraction of sp³-hybridized carbons (Fsp3) is 0.500. The van der Waals surface area contributed by atoms with E-state index in [1.807, 2.05) is 6.07 Å². The summed E-state index contributed by atoms with van der Waals surface area (Å²) in [5.74, 6) is 0.0945. The molecule has 2 rings (SSSR count). The highest BCUT2D eigenvalue weighted by Crippen LogP contribution is 2.24. The van der Waals surface area contributed by atoms with E-state index in [0.717, 1.165) is 0 Å².